The lowest BCUT2D eigenvalue weighted by Crippen LogP contribution is -2.56. The first-order chi connectivity index (χ1) is 14.7. The van der Waals surface area contributed by atoms with Crippen molar-refractivity contribution < 1.29 is 27.4 Å². The van der Waals surface area contributed by atoms with Gasteiger partial charge in [0.1, 0.15) is 0 Å². The number of hydrogen-bond donors (Lipinski definition) is 0. The molecule has 0 N–H and O–H groups in total. The van der Waals surface area contributed by atoms with Gasteiger partial charge in [0.2, 0.25) is 15.9 Å². The average Bonchev–Trinajstić information content (AvgIpc) is 2.96. The second-order valence-corrected chi connectivity index (χ2v) is 11.2. The number of carbonyl (C=O) groups excluding carboxylic acids is 1. The van der Waals surface area contributed by atoms with Crippen LogP contribution in [-0.4, -0.2) is 74.6 Å². The molecule has 172 valence electrons. The highest BCUT2D eigenvalue weighted by Crippen LogP contribution is 2.34. The van der Waals surface area contributed by atoms with Gasteiger partial charge in [-0.1, -0.05) is 0 Å². The highest BCUT2D eigenvalue weighted by atomic mass is 32.2. The molecule has 0 saturated carbocycles. The first kappa shape index (κ1) is 22.4. The molecule has 1 amide bonds. The third-order valence-corrected chi connectivity index (χ3v) is 7.94. The average molecular weight is 453 g/mol. The molecule has 2 saturated heterocycles. The third kappa shape index (κ3) is 4.83. The van der Waals surface area contributed by atoms with E-state index >= 15 is 0 Å². The molecule has 0 aliphatic carbocycles. The van der Waals surface area contributed by atoms with Gasteiger partial charge in [-0.2, -0.15) is 4.31 Å². The minimum absolute atomic E-state index is 0.00688. The van der Waals surface area contributed by atoms with Gasteiger partial charge in [0.05, 0.1) is 29.8 Å². The van der Waals surface area contributed by atoms with Crippen LogP contribution < -0.4 is 9.47 Å². The number of amides is 1. The molecule has 0 radical (unpaired) electrons. The lowest BCUT2D eigenvalue weighted by molar-refractivity contribution is -0.162. The Morgan fingerprint density at radius 3 is 2.45 bits per heavy atom. The summed E-state index contributed by atoms with van der Waals surface area (Å²) in [7, 11) is -3.66. The van der Waals surface area contributed by atoms with Crippen LogP contribution in [0.3, 0.4) is 0 Å². The largest absolute Gasteiger partial charge is 0.490 e. The summed E-state index contributed by atoms with van der Waals surface area (Å²) in [5, 5.41) is 0. The van der Waals surface area contributed by atoms with Crippen molar-refractivity contribution in [1.29, 1.82) is 0 Å². The zero-order valence-electron chi connectivity index (χ0n) is 18.5. The zero-order valence-corrected chi connectivity index (χ0v) is 19.3. The van der Waals surface area contributed by atoms with Crippen molar-refractivity contribution in [2.24, 2.45) is 5.92 Å². The number of morpholine rings is 1. The molecule has 4 rings (SSSR count). The SMILES string of the molecule is CC1CN(C(=O)C2CCN(S(=O)(=O)c3ccc4c(c3)OCCCO4)CC2)CC(C)(C)O1. The Kier molecular flexibility index (Phi) is 6.20. The van der Waals surface area contributed by atoms with Crippen LogP contribution in [0, 0.1) is 5.92 Å². The normalized spacial score (nSPS) is 25.1. The van der Waals surface area contributed by atoms with Gasteiger partial charge in [0.15, 0.2) is 11.5 Å². The smallest absolute Gasteiger partial charge is 0.243 e. The lowest BCUT2D eigenvalue weighted by atomic mass is 9.95. The standard InChI is InChI=1S/C22H32N2O6S/c1-16-14-23(15-22(2,3)30-16)21(25)17-7-9-24(10-8-17)31(26,27)18-5-6-19-20(13-18)29-12-4-11-28-19/h5-6,13,16-17H,4,7-12,14-15H2,1-3H3. The van der Waals surface area contributed by atoms with E-state index in [1.54, 1.807) is 18.2 Å². The van der Waals surface area contributed by atoms with E-state index in [4.69, 9.17) is 14.2 Å². The molecule has 3 aliphatic heterocycles. The van der Waals surface area contributed by atoms with Gasteiger partial charge < -0.3 is 19.1 Å². The van der Waals surface area contributed by atoms with E-state index < -0.39 is 10.0 Å². The first-order valence-corrected chi connectivity index (χ1v) is 12.5. The second kappa shape index (κ2) is 8.60. The molecule has 3 aliphatic rings. The maximum absolute atomic E-state index is 13.2. The van der Waals surface area contributed by atoms with Crippen LogP contribution in [0.25, 0.3) is 0 Å². The van der Waals surface area contributed by atoms with Crippen LogP contribution in [0.1, 0.15) is 40.0 Å². The topological polar surface area (TPSA) is 85.4 Å². The second-order valence-electron chi connectivity index (χ2n) is 9.24. The van der Waals surface area contributed by atoms with Crippen molar-refractivity contribution in [3.63, 3.8) is 0 Å². The minimum atomic E-state index is -3.66. The van der Waals surface area contributed by atoms with Gasteiger partial charge in [-0.25, -0.2) is 8.42 Å². The summed E-state index contributed by atoms with van der Waals surface area (Å²) >= 11 is 0. The zero-order chi connectivity index (χ0) is 22.2. The number of rotatable bonds is 3. The molecule has 1 aromatic carbocycles. The molecular formula is C22H32N2O6S. The number of hydrogen-bond acceptors (Lipinski definition) is 6. The van der Waals surface area contributed by atoms with Gasteiger partial charge in [-0.15, -0.1) is 0 Å². The summed E-state index contributed by atoms with van der Waals surface area (Å²) in [6.45, 7) is 8.82. The number of sulfonamides is 1. The van der Waals surface area contributed by atoms with Crippen molar-refractivity contribution >= 4 is 15.9 Å². The molecule has 3 heterocycles. The molecular weight excluding hydrogens is 420 g/mol. The number of carbonyl (C=O) groups is 1. The minimum Gasteiger partial charge on any atom is -0.490 e. The Balaban J connectivity index is 1.41. The molecule has 2 fully saturated rings. The molecule has 1 aromatic rings. The van der Waals surface area contributed by atoms with Crippen LogP contribution in [-0.2, 0) is 19.6 Å². The monoisotopic (exact) mass is 452 g/mol. The van der Waals surface area contributed by atoms with Crippen molar-refractivity contribution in [2.75, 3.05) is 39.4 Å². The number of ether oxygens (including phenoxy) is 3. The van der Waals surface area contributed by atoms with Gasteiger partial charge in [-0.3, -0.25) is 4.79 Å². The number of piperidine rings is 1. The van der Waals surface area contributed by atoms with Gasteiger partial charge >= 0.3 is 0 Å². The maximum Gasteiger partial charge on any atom is 0.243 e. The van der Waals surface area contributed by atoms with Crippen molar-refractivity contribution in [1.82, 2.24) is 9.21 Å². The Morgan fingerprint density at radius 1 is 1.10 bits per heavy atom. The van der Waals surface area contributed by atoms with Gasteiger partial charge in [0.25, 0.3) is 0 Å². The highest BCUT2D eigenvalue weighted by Gasteiger charge is 2.38. The van der Waals surface area contributed by atoms with Crippen molar-refractivity contribution in [2.45, 2.75) is 56.6 Å². The van der Waals surface area contributed by atoms with E-state index in [1.807, 2.05) is 25.7 Å². The molecule has 0 aromatic heterocycles. The quantitative estimate of drug-likeness (QED) is 0.700. The summed E-state index contributed by atoms with van der Waals surface area (Å²) < 4.78 is 45.0. The Hall–Kier alpha value is -1.84. The lowest BCUT2D eigenvalue weighted by Gasteiger charge is -2.43. The molecule has 0 bridgehead atoms. The fraction of sp³-hybridized carbons (Fsp3) is 0.682. The van der Waals surface area contributed by atoms with Crippen LogP contribution >= 0.6 is 0 Å². The van der Waals surface area contributed by atoms with E-state index in [1.165, 1.54) is 4.31 Å². The van der Waals surface area contributed by atoms with Gasteiger partial charge in [0, 0.05) is 44.6 Å². The molecule has 1 unspecified atom stereocenters. The first-order valence-electron chi connectivity index (χ1n) is 11.0. The molecule has 0 spiro atoms. The maximum atomic E-state index is 13.2. The molecule has 9 heteroatoms. The van der Waals surface area contributed by atoms with E-state index in [0.29, 0.717) is 63.7 Å². The number of fused-ring (bicyclic) bond motifs is 1. The molecule has 8 nitrogen and oxygen atoms in total. The van der Waals surface area contributed by atoms with Crippen molar-refractivity contribution in [3.05, 3.63) is 18.2 Å². The summed E-state index contributed by atoms with van der Waals surface area (Å²) in [5.41, 5.74) is -0.367. The van der Waals surface area contributed by atoms with Crippen LogP contribution in [0.2, 0.25) is 0 Å². The van der Waals surface area contributed by atoms with E-state index in [0.717, 1.165) is 6.42 Å². The van der Waals surface area contributed by atoms with Crippen LogP contribution in [0.5, 0.6) is 11.5 Å². The molecule has 31 heavy (non-hydrogen) atoms. The third-order valence-electron chi connectivity index (χ3n) is 6.04. The van der Waals surface area contributed by atoms with E-state index in [9.17, 15) is 13.2 Å². The fourth-order valence-corrected chi connectivity index (χ4v) is 6.16. The summed E-state index contributed by atoms with van der Waals surface area (Å²) in [4.78, 5) is 15.2. The van der Waals surface area contributed by atoms with Crippen LogP contribution in [0.4, 0.5) is 0 Å². The summed E-state index contributed by atoms with van der Waals surface area (Å²) in [6, 6.07) is 4.77. The summed E-state index contributed by atoms with van der Waals surface area (Å²) in [5.74, 6) is 0.989. The predicted molar refractivity (Wildman–Crippen MR) is 115 cm³/mol. The number of benzene rings is 1. The summed E-state index contributed by atoms with van der Waals surface area (Å²) in [6.07, 6.45) is 1.80. The van der Waals surface area contributed by atoms with Gasteiger partial charge in [-0.05, 0) is 45.7 Å². The van der Waals surface area contributed by atoms with E-state index in [-0.39, 0.29) is 28.4 Å². The Labute approximate surface area is 184 Å². The fourth-order valence-electron chi connectivity index (χ4n) is 4.68. The Bertz CT molecular complexity index is 924. The van der Waals surface area contributed by atoms with Crippen molar-refractivity contribution in [3.8, 4) is 11.5 Å². The van der Waals surface area contributed by atoms with E-state index in [2.05, 4.69) is 0 Å². The predicted octanol–water partition coefficient (Wildman–Crippen LogP) is 2.27. The number of nitrogens with zero attached hydrogens (tertiary/aromatic N) is 2. The Morgan fingerprint density at radius 2 is 1.77 bits per heavy atom. The highest BCUT2D eigenvalue weighted by molar-refractivity contribution is 7.89. The molecule has 1 atom stereocenters. The van der Waals surface area contributed by atoms with Crippen LogP contribution in [0.15, 0.2) is 23.1 Å².